The summed E-state index contributed by atoms with van der Waals surface area (Å²) < 4.78 is 0. The zero-order valence-electron chi connectivity index (χ0n) is 17.6. The van der Waals surface area contributed by atoms with Crippen molar-refractivity contribution in [1.29, 1.82) is 0 Å². The van der Waals surface area contributed by atoms with Crippen molar-refractivity contribution in [3.05, 3.63) is 126 Å². The monoisotopic (exact) mass is 410 g/mol. The molecule has 0 bridgehead atoms. The van der Waals surface area contributed by atoms with Crippen LogP contribution in [0.2, 0.25) is 0 Å². The van der Waals surface area contributed by atoms with E-state index < -0.39 is 0 Å². The molecule has 0 saturated heterocycles. The van der Waals surface area contributed by atoms with Crippen LogP contribution in [0.25, 0.3) is 32.9 Å². The first kappa shape index (κ1) is 17.7. The van der Waals surface area contributed by atoms with E-state index in [2.05, 4.69) is 113 Å². The number of hydrogen-bond acceptors (Lipinski definition) is 1. The Labute approximate surface area is 187 Å². The van der Waals surface area contributed by atoms with Crippen LogP contribution in [0.15, 0.2) is 109 Å². The Bertz CT molecular complexity index is 1550. The Hall–Kier alpha value is -3.91. The molecule has 2 aliphatic rings. The van der Waals surface area contributed by atoms with Gasteiger partial charge in [0.05, 0.1) is 5.41 Å². The van der Waals surface area contributed by atoms with Gasteiger partial charge < -0.3 is 4.98 Å². The fourth-order valence-electron chi connectivity index (χ4n) is 6.17. The van der Waals surface area contributed by atoms with E-state index in [9.17, 15) is 0 Å². The summed E-state index contributed by atoms with van der Waals surface area (Å²) in [5.41, 5.74) is 8.80. The largest absolute Gasteiger partial charge is 0.355 e. The maximum atomic E-state index is 4.60. The molecule has 5 aromatic rings. The predicted molar refractivity (Wildman–Crippen MR) is 132 cm³/mol. The summed E-state index contributed by atoms with van der Waals surface area (Å²) in [6, 6.07) is 26.6. The van der Waals surface area contributed by atoms with Crippen LogP contribution in [-0.2, 0) is 5.41 Å². The molecule has 0 fully saturated rings. The van der Waals surface area contributed by atoms with E-state index in [4.69, 9.17) is 0 Å². The lowest BCUT2D eigenvalue weighted by Crippen LogP contribution is -2.35. The Kier molecular flexibility index (Phi) is 3.63. The molecule has 32 heavy (non-hydrogen) atoms. The van der Waals surface area contributed by atoms with Crippen LogP contribution in [-0.4, -0.2) is 9.97 Å². The highest BCUT2D eigenvalue weighted by molar-refractivity contribution is 6.13. The van der Waals surface area contributed by atoms with Crippen molar-refractivity contribution in [2.45, 2.75) is 11.8 Å². The molecular formula is C30H22N2. The van der Waals surface area contributed by atoms with E-state index in [1.54, 1.807) is 0 Å². The van der Waals surface area contributed by atoms with Crippen molar-refractivity contribution in [3.63, 3.8) is 0 Å². The van der Waals surface area contributed by atoms with Crippen LogP contribution >= 0.6 is 0 Å². The molecule has 2 heterocycles. The second-order valence-corrected chi connectivity index (χ2v) is 8.83. The van der Waals surface area contributed by atoms with Crippen molar-refractivity contribution in [3.8, 4) is 11.1 Å². The number of pyridine rings is 1. The van der Waals surface area contributed by atoms with Crippen LogP contribution in [0.3, 0.4) is 0 Å². The smallest absolute Gasteiger partial charge is 0.0551 e. The minimum atomic E-state index is -0.300. The minimum absolute atomic E-state index is 0.300. The maximum absolute atomic E-state index is 4.60. The summed E-state index contributed by atoms with van der Waals surface area (Å²) in [6.07, 6.45) is 14.0. The molecule has 2 unspecified atom stereocenters. The number of benzene rings is 3. The number of nitrogens with zero attached hydrogens (tertiary/aromatic N) is 1. The molecule has 152 valence electrons. The van der Waals surface area contributed by atoms with Gasteiger partial charge in [-0.1, -0.05) is 78.9 Å². The topological polar surface area (TPSA) is 28.7 Å². The average molecular weight is 411 g/mol. The van der Waals surface area contributed by atoms with Crippen molar-refractivity contribution in [1.82, 2.24) is 9.97 Å². The van der Waals surface area contributed by atoms with E-state index >= 15 is 0 Å². The molecule has 0 amide bonds. The first-order valence-corrected chi connectivity index (χ1v) is 11.3. The lowest BCUT2D eigenvalue weighted by atomic mass is 9.62. The molecular weight excluding hydrogens is 388 g/mol. The number of fused-ring (bicyclic) bond motifs is 7. The Morgan fingerprint density at radius 3 is 2.59 bits per heavy atom. The molecule has 1 N–H and O–H groups in total. The summed E-state index contributed by atoms with van der Waals surface area (Å²) in [7, 11) is 0. The van der Waals surface area contributed by atoms with E-state index in [0.29, 0.717) is 5.92 Å². The molecule has 7 rings (SSSR count). The van der Waals surface area contributed by atoms with Gasteiger partial charge in [0.2, 0.25) is 0 Å². The molecule has 2 nitrogen and oxygen atoms in total. The van der Waals surface area contributed by atoms with E-state index in [1.165, 1.54) is 49.6 Å². The number of allylic oxidation sites excluding steroid dienone is 4. The molecule has 0 radical (unpaired) electrons. The van der Waals surface area contributed by atoms with Crippen molar-refractivity contribution in [2.75, 3.05) is 0 Å². The normalized spacial score (nSPS) is 21.2. The molecule has 2 aromatic heterocycles. The first-order valence-electron chi connectivity index (χ1n) is 11.3. The molecule has 2 heteroatoms. The van der Waals surface area contributed by atoms with Gasteiger partial charge in [0.15, 0.2) is 0 Å². The van der Waals surface area contributed by atoms with Crippen molar-refractivity contribution < 1.29 is 0 Å². The fraction of sp³-hybridized carbons (Fsp3) is 0.100. The number of rotatable bonds is 2. The van der Waals surface area contributed by atoms with Crippen LogP contribution < -0.4 is 0 Å². The number of hydrogen-bond donors (Lipinski definition) is 1. The zero-order valence-corrected chi connectivity index (χ0v) is 17.6. The third-order valence-electron chi connectivity index (χ3n) is 7.36. The predicted octanol–water partition coefficient (Wildman–Crippen LogP) is 7.16. The summed E-state index contributed by atoms with van der Waals surface area (Å²) in [5.74, 6) is 0.304. The third kappa shape index (κ3) is 2.17. The van der Waals surface area contributed by atoms with Gasteiger partial charge in [-0.2, -0.15) is 0 Å². The van der Waals surface area contributed by atoms with Gasteiger partial charge in [0, 0.05) is 34.2 Å². The van der Waals surface area contributed by atoms with Crippen LogP contribution in [0.1, 0.15) is 23.1 Å². The second-order valence-electron chi connectivity index (χ2n) is 8.83. The average Bonchev–Trinajstić information content (AvgIpc) is 3.39. The van der Waals surface area contributed by atoms with Crippen LogP contribution in [0, 0.1) is 5.92 Å². The summed E-state index contributed by atoms with van der Waals surface area (Å²) in [5, 5.41) is 2.62. The zero-order chi connectivity index (χ0) is 21.1. The molecule has 2 atom stereocenters. The van der Waals surface area contributed by atoms with Gasteiger partial charge in [-0.25, -0.2) is 0 Å². The van der Waals surface area contributed by atoms with Gasteiger partial charge in [0.1, 0.15) is 0 Å². The molecule has 0 saturated carbocycles. The number of aromatic amines is 1. The SMILES string of the molecule is C1=CCC(C2(c3cccnc3)c3ccccc3-c3ccc4[nH]c5ccccc5c4c32)C=C1. The Morgan fingerprint density at radius 1 is 0.812 bits per heavy atom. The van der Waals surface area contributed by atoms with Gasteiger partial charge in [-0.3, -0.25) is 4.98 Å². The third-order valence-corrected chi connectivity index (χ3v) is 7.36. The lowest BCUT2D eigenvalue weighted by Gasteiger charge is -2.39. The summed E-state index contributed by atoms with van der Waals surface area (Å²) >= 11 is 0. The number of aromatic nitrogens is 2. The molecule has 0 aliphatic heterocycles. The highest BCUT2D eigenvalue weighted by Crippen LogP contribution is 2.60. The van der Waals surface area contributed by atoms with E-state index in [-0.39, 0.29) is 5.41 Å². The highest BCUT2D eigenvalue weighted by atomic mass is 14.7. The maximum Gasteiger partial charge on any atom is 0.0551 e. The van der Waals surface area contributed by atoms with Gasteiger partial charge >= 0.3 is 0 Å². The second kappa shape index (κ2) is 6.54. The van der Waals surface area contributed by atoms with Crippen molar-refractivity contribution in [2.24, 2.45) is 5.92 Å². The van der Waals surface area contributed by atoms with E-state index in [1.807, 2.05) is 6.20 Å². The number of H-pyrrole nitrogens is 1. The summed E-state index contributed by atoms with van der Waals surface area (Å²) in [6.45, 7) is 0. The van der Waals surface area contributed by atoms with Gasteiger partial charge in [0.25, 0.3) is 0 Å². The minimum Gasteiger partial charge on any atom is -0.355 e. The first-order chi connectivity index (χ1) is 15.9. The molecule has 2 aliphatic carbocycles. The van der Waals surface area contributed by atoms with Crippen molar-refractivity contribution >= 4 is 21.8 Å². The standard InChI is InChI=1S/C30H22N2/c1-2-9-20(10-3-1)30(21-11-8-18-31-19-21)25-14-6-4-12-22(25)23-16-17-27-28(29(23)30)24-13-5-7-15-26(24)32-27/h1-9,11-20,32H,10H2. The number of para-hydroxylation sites is 1. The molecule has 3 aromatic carbocycles. The Balaban J connectivity index is 1.72. The van der Waals surface area contributed by atoms with Crippen LogP contribution in [0.5, 0.6) is 0 Å². The lowest BCUT2D eigenvalue weighted by molar-refractivity contribution is 0.459. The summed E-state index contributed by atoms with van der Waals surface area (Å²) in [4.78, 5) is 8.27. The Morgan fingerprint density at radius 2 is 1.72 bits per heavy atom. The highest BCUT2D eigenvalue weighted by Gasteiger charge is 2.50. The van der Waals surface area contributed by atoms with Crippen LogP contribution in [0.4, 0.5) is 0 Å². The number of nitrogens with one attached hydrogen (secondary N) is 1. The quantitative estimate of drug-likeness (QED) is 0.328. The fourth-order valence-corrected chi connectivity index (χ4v) is 6.17. The van der Waals surface area contributed by atoms with Gasteiger partial charge in [-0.05, 0) is 58.4 Å². The van der Waals surface area contributed by atoms with E-state index in [0.717, 1.165) is 6.42 Å². The molecule has 0 spiro atoms. The van der Waals surface area contributed by atoms with Gasteiger partial charge in [-0.15, -0.1) is 0 Å².